The number of alkyl carbamates (subject to hydrolysis) is 1. The van der Waals surface area contributed by atoms with E-state index in [2.05, 4.69) is 10.6 Å². The fraction of sp³-hybridized carbons (Fsp3) is 0.464. The molecule has 1 saturated carbocycles. The first-order chi connectivity index (χ1) is 17.2. The highest BCUT2D eigenvalue weighted by atomic mass is 32.2. The van der Waals surface area contributed by atoms with E-state index < -0.39 is 23.8 Å². The zero-order valence-electron chi connectivity index (χ0n) is 21.5. The van der Waals surface area contributed by atoms with Crippen LogP contribution < -0.4 is 10.6 Å². The van der Waals surface area contributed by atoms with Crippen molar-refractivity contribution in [3.05, 3.63) is 71.8 Å². The first kappa shape index (κ1) is 27.6. The zero-order valence-corrected chi connectivity index (χ0v) is 22.3. The van der Waals surface area contributed by atoms with E-state index in [1.807, 2.05) is 66.9 Å². The standard InChI is InChI=1S/C28H37N3O4S/c1-28(2,3)35-27(34)30-23(17-18-36-4)26(33)31(22-15-16-22)24(21-13-9-6-10-14-21)25(32)29-19-20-11-7-5-8-12-20/h5-14,22-24H,15-19H2,1-4H3,(H,29,32)(H,30,34). The minimum Gasteiger partial charge on any atom is -0.444 e. The van der Waals surface area contributed by atoms with Crippen molar-refractivity contribution in [1.82, 2.24) is 15.5 Å². The molecule has 3 amide bonds. The van der Waals surface area contributed by atoms with E-state index in [-0.39, 0.29) is 17.9 Å². The summed E-state index contributed by atoms with van der Waals surface area (Å²) in [5, 5.41) is 5.80. The number of nitrogens with zero attached hydrogens (tertiary/aromatic N) is 1. The molecule has 2 unspecified atom stereocenters. The second-order valence-electron chi connectivity index (χ2n) is 9.97. The van der Waals surface area contributed by atoms with Gasteiger partial charge in [0.2, 0.25) is 11.8 Å². The first-order valence-electron chi connectivity index (χ1n) is 12.4. The van der Waals surface area contributed by atoms with E-state index in [4.69, 9.17) is 4.74 Å². The summed E-state index contributed by atoms with van der Waals surface area (Å²) >= 11 is 1.60. The SMILES string of the molecule is CSCCC(NC(=O)OC(C)(C)C)C(=O)N(C1CC1)C(C(=O)NCc1ccccc1)c1ccccc1. The Hall–Kier alpha value is -3.00. The molecule has 0 aliphatic heterocycles. The molecule has 0 spiro atoms. The van der Waals surface area contributed by atoms with Gasteiger partial charge < -0.3 is 20.3 Å². The highest BCUT2D eigenvalue weighted by Crippen LogP contribution is 2.36. The molecule has 0 aromatic heterocycles. The Labute approximate surface area is 218 Å². The summed E-state index contributed by atoms with van der Waals surface area (Å²) in [5.41, 5.74) is 1.03. The van der Waals surface area contributed by atoms with Crippen LogP contribution in [0, 0.1) is 0 Å². The monoisotopic (exact) mass is 511 g/mol. The molecule has 7 nitrogen and oxygen atoms in total. The third-order valence-corrected chi connectivity index (χ3v) is 6.39. The highest BCUT2D eigenvalue weighted by Gasteiger charge is 2.43. The summed E-state index contributed by atoms with van der Waals surface area (Å²) in [7, 11) is 0. The van der Waals surface area contributed by atoms with E-state index in [9.17, 15) is 14.4 Å². The molecule has 2 N–H and O–H groups in total. The largest absolute Gasteiger partial charge is 0.444 e. The van der Waals surface area contributed by atoms with Gasteiger partial charge in [0.1, 0.15) is 17.7 Å². The van der Waals surface area contributed by atoms with Crippen LogP contribution in [0.15, 0.2) is 60.7 Å². The topological polar surface area (TPSA) is 87.7 Å². The fourth-order valence-corrected chi connectivity index (χ4v) is 4.42. The third-order valence-electron chi connectivity index (χ3n) is 5.75. The smallest absolute Gasteiger partial charge is 0.408 e. The number of hydrogen-bond donors (Lipinski definition) is 2. The normalized spacial score (nSPS) is 14.9. The number of carbonyl (C=O) groups is 3. The summed E-state index contributed by atoms with van der Waals surface area (Å²) in [6.45, 7) is 5.71. The predicted molar refractivity (Wildman–Crippen MR) is 143 cm³/mol. The third kappa shape index (κ3) is 8.29. The minimum absolute atomic E-state index is 0.0533. The lowest BCUT2D eigenvalue weighted by atomic mass is 10.0. The molecule has 0 radical (unpaired) electrons. The van der Waals surface area contributed by atoms with Crippen LogP contribution in [-0.2, 0) is 20.9 Å². The van der Waals surface area contributed by atoms with Gasteiger partial charge in [-0.05, 0) is 63.2 Å². The van der Waals surface area contributed by atoms with Crippen LogP contribution in [0.25, 0.3) is 0 Å². The lowest BCUT2D eigenvalue weighted by Gasteiger charge is -2.34. The Kier molecular flexibility index (Phi) is 9.81. The van der Waals surface area contributed by atoms with Gasteiger partial charge in [0.25, 0.3) is 0 Å². The fourth-order valence-electron chi connectivity index (χ4n) is 3.95. The van der Waals surface area contributed by atoms with Crippen molar-refractivity contribution in [3.63, 3.8) is 0 Å². The van der Waals surface area contributed by atoms with Crippen molar-refractivity contribution < 1.29 is 19.1 Å². The van der Waals surface area contributed by atoms with E-state index in [1.165, 1.54) is 0 Å². The van der Waals surface area contributed by atoms with E-state index in [0.29, 0.717) is 18.7 Å². The molecule has 1 aliphatic rings. The lowest BCUT2D eigenvalue weighted by Crippen LogP contribution is -2.54. The summed E-state index contributed by atoms with van der Waals surface area (Å²) < 4.78 is 5.43. The highest BCUT2D eigenvalue weighted by molar-refractivity contribution is 7.98. The van der Waals surface area contributed by atoms with Crippen LogP contribution in [-0.4, -0.2) is 52.5 Å². The summed E-state index contributed by atoms with van der Waals surface area (Å²) in [5.74, 6) is 0.174. The maximum Gasteiger partial charge on any atom is 0.408 e. The quantitative estimate of drug-likeness (QED) is 0.457. The molecular weight excluding hydrogens is 474 g/mol. The second-order valence-corrected chi connectivity index (χ2v) is 11.0. The number of rotatable bonds is 11. The predicted octanol–water partition coefficient (Wildman–Crippen LogP) is 4.68. The van der Waals surface area contributed by atoms with Crippen molar-refractivity contribution in [2.75, 3.05) is 12.0 Å². The van der Waals surface area contributed by atoms with Crippen LogP contribution in [0.1, 0.15) is 57.2 Å². The lowest BCUT2D eigenvalue weighted by molar-refractivity contribution is -0.143. The molecule has 2 atom stereocenters. The number of thioether (sulfide) groups is 1. The van der Waals surface area contributed by atoms with Crippen molar-refractivity contribution in [2.24, 2.45) is 0 Å². The molecule has 194 valence electrons. The summed E-state index contributed by atoms with van der Waals surface area (Å²) in [6.07, 6.45) is 3.40. The van der Waals surface area contributed by atoms with Crippen LogP contribution in [0.3, 0.4) is 0 Å². The van der Waals surface area contributed by atoms with Gasteiger partial charge in [-0.3, -0.25) is 9.59 Å². The Morgan fingerprint density at radius 3 is 2.19 bits per heavy atom. The minimum atomic E-state index is -0.799. The van der Waals surface area contributed by atoms with Crippen molar-refractivity contribution >= 4 is 29.7 Å². The molecule has 0 saturated heterocycles. The molecule has 1 fully saturated rings. The molecule has 3 rings (SSSR count). The van der Waals surface area contributed by atoms with Crippen LogP contribution in [0.5, 0.6) is 0 Å². The van der Waals surface area contributed by atoms with Gasteiger partial charge in [-0.25, -0.2) is 4.79 Å². The molecule has 8 heteroatoms. The van der Waals surface area contributed by atoms with Crippen LogP contribution in [0.4, 0.5) is 4.79 Å². The zero-order chi connectivity index (χ0) is 26.1. The van der Waals surface area contributed by atoms with Crippen molar-refractivity contribution in [2.45, 2.75) is 70.3 Å². The van der Waals surface area contributed by atoms with Gasteiger partial charge >= 0.3 is 6.09 Å². The molecule has 36 heavy (non-hydrogen) atoms. The van der Waals surface area contributed by atoms with E-state index >= 15 is 0 Å². The number of hydrogen-bond acceptors (Lipinski definition) is 5. The Morgan fingerprint density at radius 2 is 1.64 bits per heavy atom. The molecular formula is C28H37N3O4S. The van der Waals surface area contributed by atoms with Gasteiger partial charge in [-0.1, -0.05) is 60.7 Å². The van der Waals surface area contributed by atoms with Crippen molar-refractivity contribution in [3.8, 4) is 0 Å². The van der Waals surface area contributed by atoms with Gasteiger partial charge in [0.15, 0.2) is 0 Å². The van der Waals surface area contributed by atoms with Crippen LogP contribution in [0.2, 0.25) is 0 Å². The Morgan fingerprint density at radius 1 is 1.03 bits per heavy atom. The van der Waals surface area contributed by atoms with Gasteiger partial charge in [-0.15, -0.1) is 0 Å². The average molecular weight is 512 g/mol. The average Bonchev–Trinajstić information content (AvgIpc) is 3.68. The molecule has 2 aromatic rings. The molecule has 1 aliphatic carbocycles. The number of ether oxygens (including phenoxy) is 1. The van der Waals surface area contributed by atoms with E-state index in [0.717, 1.165) is 24.0 Å². The molecule has 2 aromatic carbocycles. The van der Waals surface area contributed by atoms with Gasteiger partial charge in [-0.2, -0.15) is 11.8 Å². The maximum absolute atomic E-state index is 14.0. The van der Waals surface area contributed by atoms with Gasteiger partial charge in [0, 0.05) is 12.6 Å². The van der Waals surface area contributed by atoms with Crippen LogP contribution >= 0.6 is 11.8 Å². The Bertz CT molecular complexity index is 1010. The summed E-state index contributed by atoms with van der Waals surface area (Å²) in [4.78, 5) is 41.9. The van der Waals surface area contributed by atoms with E-state index in [1.54, 1.807) is 37.4 Å². The first-order valence-corrected chi connectivity index (χ1v) is 13.8. The maximum atomic E-state index is 14.0. The van der Waals surface area contributed by atoms with Crippen molar-refractivity contribution in [1.29, 1.82) is 0 Å². The number of amides is 3. The number of carbonyl (C=O) groups excluding carboxylic acids is 3. The van der Waals surface area contributed by atoms with Gasteiger partial charge in [0.05, 0.1) is 0 Å². The molecule has 0 heterocycles. The Balaban J connectivity index is 1.87. The molecule has 0 bridgehead atoms. The number of benzene rings is 2. The summed E-state index contributed by atoms with van der Waals surface area (Å²) in [6, 6.07) is 17.4. The second kappa shape index (κ2) is 12.8. The number of nitrogens with one attached hydrogen (secondary N) is 2.